The summed E-state index contributed by atoms with van der Waals surface area (Å²) in [7, 11) is 0. The Morgan fingerprint density at radius 3 is 2.43 bits per heavy atom. The Morgan fingerprint density at radius 2 is 1.78 bits per heavy atom. The number of rotatable bonds is 2. The highest BCUT2D eigenvalue weighted by Crippen LogP contribution is 2.30. The largest absolute Gasteiger partial charge is 0.406 e. The monoisotopic (exact) mass is 354 g/mol. The van der Waals surface area contributed by atoms with Gasteiger partial charge in [0.15, 0.2) is 0 Å². The van der Waals surface area contributed by atoms with Gasteiger partial charge in [-0.05, 0) is 30.4 Å². The van der Waals surface area contributed by atoms with Crippen LogP contribution in [0.4, 0.5) is 13.2 Å². The SMILES string of the molecule is FC(F)(F)Cn1c(=S)nc(-c2ccccc2)c2cc(Cl)ccc21. The standard InChI is InChI=1S/C16H10ClF3N2S/c17-11-6-7-13-12(8-11)14(10-4-2-1-3-5-10)21-15(23)22(13)9-16(18,19)20/h1-8H,9H2. The van der Waals surface area contributed by atoms with Crippen molar-refractivity contribution < 1.29 is 13.2 Å². The zero-order chi connectivity index (χ0) is 16.6. The Kier molecular flexibility index (Phi) is 4.12. The Morgan fingerprint density at radius 1 is 1.09 bits per heavy atom. The predicted molar refractivity (Wildman–Crippen MR) is 87.1 cm³/mol. The second-order valence-electron chi connectivity index (χ2n) is 4.97. The predicted octanol–water partition coefficient (Wildman–Crippen LogP) is 5.65. The highest BCUT2D eigenvalue weighted by Gasteiger charge is 2.29. The van der Waals surface area contributed by atoms with Crippen LogP contribution in [0.15, 0.2) is 48.5 Å². The van der Waals surface area contributed by atoms with E-state index >= 15 is 0 Å². The zero-order valence-electron chi connectivity index (χ0n) is 11.6. The van der Waals surface area contributed by atoms with Crippen LogP contribution in [0, 0.1) is 4.77 Å². The molecule has 0 radical (unpaired) electrons. The molecule has 0 amide bonds. The maximum Gasteiger partial charge on any atom is 0.406 e. The molecule has 0 saturated heterocycles. The number of fused-ring (bicyclic) bond motifs is 1. The van der Waals surface area contributed by atoms with Gasteiger partial charge in [-0.1, -0.05) is 41.9 Å². The molecule has 3 aromatic rings. The third-order valence-electron chi connectivity index (χ3n) is 3.33. The average Bonchev–Trinajstić information content (AvgIpc) is 2.49. The fourth-order valence-corrected chi connectivity index (χ4v) is 2.83. The van der Waals surface area contributed by atoms with Gasteiger partial charge in [0.1, 0.15) is 6.54 Å². The highest BCUT2D eigenvalue weighted by atomic mass is 35.5. The molecule has 0 N–H and O–H groups in total. The van der Waals surface area contributed by atoms with Gasteiger partial charge in [-0.25, -0.2) is 4.98 Å². The number of benzene rings is 2. The number of halogens is 4. The van der Waals surface area contributed by atoms with E-state index in [-0.39, 0.29) is 4.77 Å². The number of nitrogens with zero attached hydrogens (tertiary/aromatic N) is 2. The second-order valence-corrected chi connectivity index (χ2v) is 5.77. The summed E-state index contributed by atoms with van der Waals surface area (Å²) in [6.45, 7) is -1.19. The molecule has 2 aromatic carbocycles. The van der Waals surface area contributed by atoms with Crippen molar-refractivity contribution in [2.24, 2.45) is 0 Å². The van der Waals surface area contributed by atoms with Gasteiger partial charge in [-0.3, -0.25) is 0 Å². The Bertz CT molecular complexity index is 920. The van der Waals surface area contributed by atoms with E-state index in [2.05, 4.69) is 4.98 Å². The first kappa shape index (κ1) is 16.0. The molecule has 0 aliphatic rings. The summed E-state index contributed by atoms with van der Waals surface area (Å²) in [5.41, 5.74) is 1.64. The van der Waals surface area contributed by atoms with Gasteiger partial charge in [0, 0.05) is 16.0 Å². The smallest absolute Gasteiger partial charge is 0.307 e. The normalized spacial score (nSPS) is 11.8. The lowest BCUT2D eigenvalue weighted by Gasteiger charge is -2.16. The van der Waals surface area contributed by atoms with E-state index in [4.69, 9.17) is 23.8 Å². The van der Waals surface area contributed by atoms with Crippen molar-refractivity contribution in [3.8, 4) is 11.3 Å². The molecule has 0 atom stereocenters. The molecule has 0 spiro atoms. The van der Waals surface area contributed by atoms with Crippen molar-refractivity contribution in [1.29, 1.82) is 0 Å². The molecule has 2 nitrogen and oxygen atoms in total. The average molecular weight is 355 g/mol. The summed E-state index contributed by atoms with van der Waals surface area (Å²) < 4.78 is 39.4. The molecule has 1 aromatic heterocycles. The highest BCUT2D eigenvalue weighted by molar-refractivity contribution is 7.71. The van der Waals surface area contributed by atoms with E-state index in [0.29, 0.717) is 21.6 Å². The van der Waals surface area contributed by atoms with Crippen molar-refractivity contribution in [3.05, 3.63) is 58.3 Å². The summed E-state index contributed by atoms with van der Waals surface area (Å²) in [4.78, 5) is 4.22. The number of hydrogen-bond acceptors (Lipinski definition) is 2. The fraction of sp³-hybridized carbons (Fsp3) is 0.125. The maximum atomic E-state index is 12.8. The van der Waals surface area contributed by atoms with E-state index in [0.717, 1.165) is 10.1 Å². The number of alkyl halides is 3. The molecule has 0 fully saturated rings. The molecule has 0 unspecified atom stereocenters. The van der Waals surface area contributed by atoms with Gasteiger partial charge in [0.2, 0.25) is 4.77 Å². The minimum atomic E-state index is -4.39. The van der Waals surface area contributed by atoms with Gasteiger partial charge in [0.25, 0.3) is 0 Å². The van der Waals surface area contributed by atoms with Crippen LogP contribution < -0.4 is 0 Å². The Hall–Kier alpha value is -1.92. The lowest BCUT2D eigenvalue weighted by atomic mass is 10.1. The fourth-order valence-electron chi connectivity index (χ4n) is 2.40. The number of aromatic nitrogens is 2. The van der Waals surface area contributed by atoms with Crippen molar-refractivity contribution in [3.63, 3.8) is 0 Å². The molecule has 0 bridgehead atoms. The van der Waals surface area contributed by atoms with Crippen molar-refractivity contribution in [2.75, 3.05) is 0 Å². The first-order valence-electron chi connectivity index (χ1n) is 6.67. The molecule has 118 valence electrons. The van der Waals surface area contributed by atoms with Crippen LogP contribution in [-0.4, -0.2) is 15.7 Å². The van der Waals surface area contributed by atoms with Gasteiger partial charge in [-0.2, -0.15) is 13.2 Å². The van der Waals surface area contributed by atoms with E-state index in [1.807, 2.05) is 30.3 Å². The van der Waals surface area contributed by atoms with Gasteiger partial charge < -0.3 is 4.57 Å². The lowest BCUT2D eigenvalue weighted by molar-refractivity contribution is -0.140. The quantitative estimate of drug-likeness (QED) is 0.553. The molecule has 0 saturated carbocycles. The minimum absolute atomic E-state index is 0.115. The summed E-state index contributed by atoms with van der Waals surface area (Å²) in [5, 5.41) is 0.953. The third-order valence-corrected chi connectivity index (χ3v) is 3.87. The summed E-state index contributed by atoms with van der Waals surface area (Å²) in [6, 6.07) is 13.8. The minimum Gasteiger partial charge on any atom is -0.307 e. The molecular weight excluding hydrogens is 345 g/mol. The Balaban J connectivity index is 2.34. The van der Waals surface area contributed by atoms with Crippen LogP contribution in [0.3, 0.4) is 0 Å². The Labute approximate surface area is 140 Å². The number of hydrogen-bond donors (Lipinski definition) is 0. The molecular formula is C16H10ClF3N2S. The first-order chi connectivity index (χ1) is 10.8. The van der Waals surface area contributed by atoms with Crippen LogP contribution in [0.1, 0.15) is 0 Å². The molecule has 0 aliphatic carbocycles. The molecule has 7 heteroatoms. The van der Waals surface area contributed by atoms with Crippen LogP contribution in [0.25, 0.3) is 22.2 Å². The van der Waals surface area contributed by atoms with Gasteiger partial charge >= 0.3 is 6.18 Å². The summed E-state index contributed by atoms with van der Waals surface area (Å²) in [6.07, 6.45) is -4.39. The van der Waals surface area contributed by atoms with Crippen LogP contribution in [-0.2, 0) is 6.54 Å². The first-order valence-corrected chi connectivity index (χ1v) is 7.46. The molecule has 3 rings (SSSR count). The third kappa shape index (κ3) is 3.38. The van der Waals surface area contributed by atoms with Gasteiger partial charge in [-0.15, -0.1) is 0 Å². The molecule has 0 aliphatic heterocycles. The summed E-state index contributed by atoms with van der Waals surface area (Å²) in [5.74, 6) is 0. The van der Waals surface area contributed by atoms with E-state index in [1.165, 1.54) is 6.07 Å². The maximum absolute atomic E-state index is 12.8. The molecule has 23 heavy (non-hydrogen) atoms. The van der Waals surface area contributed by atoms with Crippen molar-refractivity contribution >= 4 is 34.7 Å². The van der Waals surface area contributed by atoms with Crippen LogP contribution >= 0.6 is 23.8 Å². The summed E-state index contributed by atoms with van der Waals surface area (Å²) >= 11 is 11.1. The lowest BCUT2D eigenvalue weighted by Crippen LogP contribution is -2.19. The second kappa shape index (κ2) is 5.94. The zero-order valence-corrected chi connectivity index (χ0v) is 13.2. The van der Waals surface area contributed by atoms with E-state index < -0.39 is 12.7 Å². The van der Waals surface area contributed by atoms with E-state index in [9.17, 15) is 13.2 Å². The van der Waals surface area contributed by atoms with Crippen LogP contribution in [0.2, 0.25) is 5.02 Å². The molecule has 1 heterocycles. The van der Waals surface area contributed by atoms with Crippen molar-refractivity contribution in [2.45, 2.75) is 12.7 Å². The van der Waals surface area contributed by atoms with Gasteiger partial charge in [0.05, 0.1) is 11.2 Å². The van der Waals surface area contributed by atoms with E-state index in [1.54, 1.807) is 12.1 Å². The van der Waals surface area contributed by atoms with Crippen molar-refractivity contribution in [1.82, 2.24) is 9.55 Å². The topological polar surface area (TPSA) is 17.8 Å². The van der Waals surface area contributed by atoms with Crippen LogP contribution in [0.5, 0.6) is 0 Å².